The lowest BCUT2D eigenvalue weighted by Gasteiger charge is -2.38. The largest absolute Gasteiger partial charge is 0.391 e. The standard InChI is InChI=1S/C18H29N3O2/c1-18(2,3)16(22)14-20-10-12-21(13-11-20)17(23)5-4-15-6-8-19-9-7-15/h6-9,16,22H,4-5,10-14H2,1-3H3/t16-/m0/s1. The highest BCUT2D eigenvalue weighted by molar-refractivity contribution is 5.76. The molecule has 0 bridgehead atoms. The van der Waals surface area contributed by atoms with Crippen molar-refractivity contribution in [3.05, 3.63) is 30.1 Å². The van der Waals surface area contributed by atoms with Gasteiger partial charge in [0.2, 0.25) is 5.91 Å². The molecule has 5 heteroatoms. The summed E-state index contributed by atoms with van der Waals surface area (Å²) in [6, 6.07) is 3.91. The maximum atomic E-state index is 12.3. The predicted molar refractivity (Wildman–Crippen MR) is 91.0 cm³/mol. The van der Waals surface area contributed by atoms with Crippen molar-refractivity contribution in [2.45, 2.75) is 39.7 Å². The normalized spacial score (nSPS) is 18.0. The number of aryl methyl sites for hydroxylation is 1. The van der Waals surface area contributed by atoms with Crippen molar-refractivity contribution in [2.75, 3.05) is 32.7 Å². The van der Waals surface area contributed by atoms with Gasteiger partial charge in [0.25, 0.3) is 0 Å². The van der Waals surface area contributed by atoms with E-state index in [0.717, 1.165) is 38.2 Å². The number of rotatable bonds is 5. The lowest BCUT2D eigenvalue weighted by molar-refractivity contribution is -0.133. The van der Waals surface area contributed by atoms with E-state index in [2.05, 4.69) is 30.7 Å². The molecule has 1 aliphatic rings. The highest BCUT2D eigenvalue weighted by Crippen LogP contribution is 2.20. The zero-order valence-electron chi connectivity index (χ0n) is 14.5. The van der Waals surface area contributed by atoms with Gasteiger partial charge in [0.1, 0.15) is 0 Å². The minimum atomic E-state index is -0.337. The smallest absolute Gasteiger partial charge is 0.222 e. The maximum absolute atomic E-state index is 12.3. The Hall–Kier alpha value is -1.46. The van der Waals surface area contributed by atoms with E-state index in [0.29, 0.717) is 13.0 Å². The fourth-order valence-electron chi connectivity index (χ4n) is 2.66. The molecule has 1 N–H and O–H groups in total. The third-order valence-corrected chi connectivity index (χ3v) is 4.53. The van der Waals surface area contributed by atoms with Crippen molar-refractivity contribution in [3.63, 3.8) is 0 Å². The number of piperazine rings is 1. The van der Waals surface area contributed by atoms with Gasteiger partial charge in [-0.2, -0.15) is 0 Å². The van der Waals surface area contributed by atoms with E-state index in [-0.39, 0.29) is 17.4 Å². The van der Waals surface area contributed by atoms with E-state index in [9.17, 15) is 9.90 Å². The van der Waals surface area contributed by atoms with Crippen LogP contribution in [0.15, 0.2) is 24.5 Å². The van der Waals surface area contributed by atoms with Gasteiger partial charge in [0.05, 0.1) is 6.10 Å². The quantitative estimate of drug-likeness (QED) is 0.895. The Morgan fingerprint density at radius 3 is 2.39 bits per heavy atom. The van der Waals surface area contributed by atoms with Crippen LogP contribution in [-0.2, 0) is 11.2 Å². The van der Waals surface area contributed by atoms with E-state index >= 15 is 0 Å². The number of hydrogen-bond acceptors (Lipinski definition) is 4. The molecule has 5 nitrogen and oxygen atoms in total. The molecule has 1 amide bonds. The highest BCUT2D eigenvalue weighted by atomic mass is 16.3. The molecule has 0 unspecified atom stereocenters. The van der Waals surface area contributed by atoms with E-state index in [1.54, 1.807) is 12.4 Å². The van der Waals surface area contributed by atoms with E-state index in [1.165, 1.54) is 0 Å². The number of carbonyl (C=O) groups excluding carboxylic acids is 1. The van der Waals surface area contributed by atoms with Crippen molar-refractivity contribution in [1.29, 1.82) is 0 Å². The van der Waals surface area contributed by atoms with Gasteiger partial charge in [-0.1, -0.05) is 20.8 Å². The van der Waals surface area contributed by atoms with Crippen molar-refractivity contribution in [2.24, 2.45) is 5.41 Å². The van der Waals surface area contributed by atoms with Crippen LogP contribution in [0.1, 0.15) is 32.8 Å². The molecule has 1 saturated heterocycles. The summed E-state index contributed by atoms with van der Waals surface area (Å²) in [6.07, 6.45) is 4.51. The number of aliphatic hydroxyl groups excluding tert-OH is 1. The van der Waals surface area contributed by atoms with Gasteiger partial charge in [-0.3, -0.25) is 14.7 Å². The SMILES string of the molecule is CC(C)(C)[C@@H](O)CN1CCN(C(=O)CCc2ccncc2)CC1. The Bertz CT molecular complexity index is 491. The molecular weight excluding hydrogens is 290 g/mol. The lowest BCUT2D eigenvalue weighted by Crippen LogP contribution is -2.51. The van der Waals surface area contributed by atoms with Crippen LogP contribution in [0.25, 0.3) is 0 Å². The van der Waals surface area contributed by atoms with Gasteiger partial charge in [-0.05, 0) is 29.5 Å². The number of pyridine rings is 1. The lowest BCUT2D eigenvalue weighted by atomic mass is 9.89. The second-order valence-electron chi connectivity index (χ2n) is 7.42. The summed E-state index contributed by atoms with van der Waals surface area (Å²) in [6.45, 7) is 10.0. The van der Waals surface area contributed by atoms with E-state index in [4.69, 9.17) is 0 Å². The van der Waals surface area contributed by atoms with Crippen LogP contribution in [0.5, 0.6) is 0 Å². The third-order valence-electron chi connectivity index (χ3n) is 4.53. The van der Waals surface area contributed by atoms with Crippen molar-refractivity contribution < 1.29 is 9.90 Å². The minimum absolute atomic E-state index is 0.0997. The molecule has 0 aliphatic carbocycles. The number of amides is 1. The first-order valence-electron chi connectivity index (χ1n) is 8.43. The van der Waals surface area contributed by atoms with Gasteiger partial charge in [-0.25, -0.2) is 0 Å². The van der Waals surface area contributed by atoms with Crippen molar-refractivity contribution in [1.82, 2.24) is 14.8 Å². The van der Waals surface area contributed by atoms with Crippen LogP contribution in [-0.4, -0.2) is 64.6 Å². The summed E-state index contributed by atoms with van der Waals surface area (Å²) in [5.74, 6) is 0.220. The van der Waals surface area contributed by atoms with Crippen LogP contribution in [0.2, 0.25) is 0 Å². The molecule has 1 atom stereocenters. The van der Waals surface area contributed by atoms with E-state index in [1.807, 2.05) is 17.0 Å². The van der Waals surface area contributed by atoms with Crippen LogP contribution >= 0.6 is 0 Å². The summed E-state index contributed by atoms with van der Waals surface area (Å²) < 4.78 is 0. The fraction of sp³-hybridized carbons (Fsp3) is 0.667. The first-order chi connectivity index (χ1) is 10.9. The fourth-order valence-corrected chi connectivity index (χ4v) is 2.66. The van der Waals surface area contributed by atoms with Gasteiger partial charge < -0.3 is 10.0 Å². The molecular formula is C18H29N3O2. The molecule has 1 fully saturated rings. The summed E-state index contributed by atoms with van der Waals surface area (Å²) >= 11 is 0. The molecule has 0 radical (unpaired) electrons. The Morgan fingerprint density at radius 2 is 1.83 bits per heavy atom. The average Bonchev–Trinajstić information content (AvgIpc) is 2.53. The van der Waals surface area contributed by atoms with Crippen LogP contribution in [0, 0.1) is 5.41 Å². The first kappa shape index (κ1) is 17.9. The topological polar surface area (TPSA) is 56.7 Å². The number of β-amino-alcohol motifs (C(OH)–C–C–N with tert-alkyl or cyclic N) is 1. The van der Waals surface area contributed by atoms with Gasteiger partial charge in [0.15, 0.2) is 0 Å². The van der Waals surface area contributed by atoms with Gasteiger partial charge in [0, 0.05) is 51.5 Å². The minimum Gasteiger partial charge on any atom is -0.391 e. The Labute approximate surface area is 139 Å². The first-order valence-corrected chi connectivity index (χ1v) is 8.43. The molecule has 2 heterocycles. The van der Waals surface area contributed by atoms with Crippen molar-refractivity contribution >= 4 is 5.91 Å². The molecule has 0 aromatic carbocycles. The van der Waals surface area contributed by atoms with Gasteiger partial charge >= 0.3 is 0 Å². The second kappa shape index (κ2) is 7.88. The third kappa shape index (κ3) is 5.59. The Balaban J connectivity index is 1.72. The zero-order chi connectivity index (χ0) is 16.9. The second-order valence-corrected chi connectivity index (χ2v) is 7.42. The predicted octanol–water partition coefficient (Wildman–Crippen LogP) is 1.57. The molecule has 0 spiro atoms. The molecule has 2 rings (SSSR count). The summed E-state index contributed by atoms with van der Waals surface area (Å²) in [5.41, 5.74) is 1.05. The molecule has 128 valence electrons. The van der Waals surface area contributed by atoms with Crippen LogP contribution < -0.4 is 0 Å². The summed E-state index contributed by atoms with van der Waals surface area (Å²) in [5, 5.41) is 10.2. The number of aromatic nitrogens is 1. The van der Waals surface area contributed by atoms with Crippen LogP contribution in [0.3, 0.4) is 0 Å². The van der Waals surface area contributed by atoms with Crippen molar-refractivity contribution in [3.8, 4) is 0 Å². The monoisotopic (exact) mass is 319 g/mol. The summed E-state index contributed by atoms with van der Waals surface area (Å²) in [4.78, 5) is 20.5. The molecule has 1 aromatic heterocycles. The number of aliphatic hydroxyl groups is 1. The van der Waals surface area contributed by atoms with E-state index < -0.39 is 0 Å². The Kier molecular flexibility index (Phi) is 6.13. The zero-order valence-corrected chi connectivity index (χ0v) is 14.5. The molecule has 23 heavy (non-hydrogen) atoms. The number of hydrogen-bond donors (Lipinski definition) is 1. The Morgan fingerprint density at radius 1 is 1.22 bits per heavy atom. The maximum Gasteiger partial charge on any atom is 0.222 e. The molecule has 1 aliphatic heterocycles. The highest BCUT2D eigenvalue weighted by Gasteiger charge is 2.27. The molecule has 0 saturated carbocycles. The number of carbonyl (C=O) groups is 1. The van der Waals surface area contributed by atoms with Gasteiger partial charge in [-0.15, -0.1) is 0 Å². The number of nitrogens with zero attached hydrogens (tertiary/aromatic N) is 3. The average molecular weight is 319 g/mol. The van der Waals surface area contributed by atoms with Crippen LogP contribution in [0.4, 0.5) is 0 Å². The summed E-state index contributed by atoms with van der Waals surface area (Å²) in [7, 11) is 0. The molecule has 1 aromatic rings.